The molecule has 1 amide bonds. The number of hydrogen-bond donors (Lipinski definition) is 1. The first-order valence-corrected chi connectivity index (χ1v) is 12.6. The van der Waals surface area contributed by atoms with Gasteiger partial charge in [0.05, 0.1) is 18.0 Å². The van der Waals surface area contributed by atoms with Crippen LogP contribution < -0.4 is 14.5 Å². The number of benzene rings is 2. The summed E-state index contributed by atoms with van der Waals surface area (Å²) >= 11 is 0. The fourth-order valence-electron chi connectivity index (χ4n) is 4.38. The van der Waals surface area contributed by atoms with Crippen molar-refractivity contribution in [3.05, 3.63) is 58.7 Å². The Bertz CT molecular complexity index is 1020. The van der Waals surface area contributed by atoms with E-state index in [1.807, 2.05) is 52.0 Å². The first kappa shape index (κ1) is 23.1. The number of carbonyl (C=O) groups excluding carboxylic acids is 1. The lowest BCUT2D eigenvalue weighted by molar-refractivity contribution is -0.120. The van der Waals surface area contributed by atoms with E-state index in [1.54, 1.807) is 0 Å². The van der Waals surface area contributed by atoms with E-state index < -0.39 is 10.0 Å². The van der Waals surface area contributed by atoms with Gasteiger partial charge in [-0.3, -0.25) is 9.10 Å². The molecule has 0 spiro atoms. The van der Waals surface area contributed by atoms with Crippen molar-refractivity contribution in [3.8, 4) is 0 Å². The lowest BCUT2D eigenvalue weighted by atomic mass is 10.1. The second-order valence-electron chi connectivity index (χ2n) is 8.59. The number of anilines is 2. The van der Waals surface area contributed by atoms with E-state index in [4.69, 9.17) is 0 Å². The summed E-state index contributed by atoms with van der Waals surface area (Å²) in [7, 11) is -3.62. The summed E-state index contributed by atoms with van der Waals surface area (Å²) in [6.45, 7) is 9.55. The molecule has 0 aliphatic carbocycles. The van der Waals surface area contributed by atoms with Crippen molar-refractivity contribution < 1.29 is 13.2 Å². The number of aryl methyl sites for hydroxylation is 3. The highest BCUT2D eigenvalue weighted by molar-refractivity contribution is 7.92. The highest BCUT2D eigenvalue weighted by Crippen LogP contribution is 2.28. The number of nitrogens with one attached hydrogen (secondary N) is 1. The predicted molar refractivity (Wildman–Crippen MR) is 127 cm³/mol. The Morgan fingerprint density at radius 3 is 2.13 bits per heavy atom. The molecule has 0 radical (unpaired) electrons. The molecule has 168 valence electrons. The first-order chi connectivity index (χ1) is 14.6. The smallest absolute Gasteiger partial charge is 0.241 e. The average Bonchev–Trinajstić information content (AvgIpc) is 3.20. The normalized spacial score (nSPS) is 15.1. The molecule has 31 heavy (non-hydrogen) atoms. The summed E-state index contributed by atoms with van der Waals surface area (Å²) in [6.07, 6.45) is 3.59. The Morgan fingerprint density at radius 1 is 1.06 bits per heavy atom. The van der Waals surface area contributed by atoms with Gasteiger partial charge in [0, 0.05) is 18.8 Å². The molecule has 7 heteroatoms. The molecule has 1 N–H and O–H groups in total. The van der Waals surface area contributed by atoms with Crippen LogP contribution in [0.2, 0.25) is 0 Å². The van der Waals surface area contributed by atoms with Crippen LogP contribution in [0, 0.1) is 20.8 Å². The van der Waals surface area contributed by atoms with Gasteiger partial charge in [-0.05, 0) is 69.4 Å². The Balaban J connectivity index is 1.72. The molecular weight excluding hydrogens is 410 g/mol. The number of amides is 1. The van der Waals surface area contributed by atoms with Crippen molar-refractivity contribution in [1.82, 2.24) is 5.32 Å². The third-order valence-electron chi connectivity index (χ3n) is 5.81. The molecule has 3 rings (SSSR count). The minimum absolute atomic E-state index is 0.221. The maximum Gasteiger partial charge on any atom is 0.241 e. The van der Waals surface area contributed by atoms with Gasteiger partial charge < -0.3 is 10.2 Å². The predicted octanol–water partition coefficient (Wildman–Crippen LogP) is 3.86. The van der Waals surface area contributed by atoms with Crippen molar-refractivity contribution in [3.63, 3.8) is 0 Å². The van der Waals surface area contributed by atoms with E-state index in [9.17, 15) is 13.2 Å². The summed E-state index contributed by atoms with van der Waals surface area (Å²) in [6, 6.07) is 11.9. The van der Waals surface area contributed by atoms with Crippen LogP contribution >= 0.6 is 0 Å². The summed E-state index contributed by atoms with van der Waals surface area (Å²) in [5, 5.41) is 2.95. The molecular formula is C24H33N3O3S. The molecule has 1 aliphatic heterocycles. The van der Waals surface area contributed by atoms with Gasteiger partial charge >= 0.3 is 0 Å². The van der Waals surface area contributed by atoms with Crippen LogP contribution in [-0.2, 0) is 14.8 Å². The molecule has 0 aromatic heterocycles. The standard InChI is InChI=1S/C24H33N3O3S/c1-17-14-18(2)24(19(3)15-17)27(31(5,29)30)16-23(28)25-20(4)21-8-10-22(11-9-21)26-12-6-7-13-26/h8-11,14-15,20H,6-7,12-13,16H2,1-5H3,(H,25,28). The number of rotatable bonds is 7. The topological polar surface area (TPSA) is 69.7 Å². The maximum absolute atomic E-state index is 12.8. The maximum atomic E-state index is 12.8. The molecule has 2 aromatic carbocycles. The summed E-state index contributed by atoms with van der Waals surface area (Å²) in [5.41, 5.74) is 5.49. The van der Waals surface area contributed by atoms with E-state index in [0.717, 1.165) is 41.6 Å². The second kappa shape index (κ2) is 9.30. The van der Waals surface area contributed by atoms with Crippen LogP contribution in [0.5, 0.6) is 0 Å². The monoisotopic (exact) mass is 443 g/mol. The zero-order chi connectivity index (χ0) is 22.8. The fourth-order valence-corrected chi connectivity index (χ4v) is 5.35. The number of nitrogens with zero attached hydrogens (tertiary/aromatic N) is 2. The van der Waals surface area contributed by atoms with Gasteiger partial charge in [-0.15, -0.1) is 0 Å². The van der Waals surface area contributed by atoms with E-state index in [2.05, 4.69) is 22.3 Å². The molecule has 1 aliphatic rings. The summed E-state index contributed by atoms with van der Waals surface area (Å²) in [5.74, 6) is -0.332. The van der Waals surface area contributed by atoms with Crippen molar-refractivity contribution in [1.29, 1.82) is 0 Å². The zero-order valence-electron chi connectivity index (χ0n) is 19.1. The molecule has 0 bridgehead atoms. The SMILES string of the molecule is Cc1cc(C)c(N(CC(=O)NC(C)c2ccc(N3CCCC3)cc2)S(C)(=O)=O)c(C)c1. The van der Waals surface area contributed by atoms with Gasteiger partial charge in [0.15, 0.2) is 0 Å². The molecule has 1 unspecified atom stereocenters. The van der Waals surface area contributed by atoms with E-state index in [0.29, 0.717) is 5.69 Å². The first-order valence-electron chi connectivity index (χ1n) is 10.8. The van der Waals surface area contributed by atoms with Gasteiger partial charge in [-0.1, -0.05) is 29.8 Å². The van der Waals surface area contributed by atoms with Crippen LogP contribution in [-0.4, -0.2) is 40.2 Å². The lowest BCUT2D eigenvalue weighted by Crippen LogP contribution is -2.41. The van der Waals surface area contributed by atoms with Gasteiger partial charge in [-0.25, -0.2) is 8.42 Å². The average molecular weight is 444 g/mol. The van der Waals surface area contributed by atoms with Crippen LogP contribution in [0.25, 0.3) is 0 Å². The number of hydrogen-bond acceptors (Lipinski definition) is 4. The van der Waals surface area contributed by atoms with Gasteiger partial charge in [0.25, 0.3) is 0 Å². The van der Waals surface area contributed by atoms with Crippen LogP contribution in [0.1, 0.15) is 48.1 Å². The molecule has 1 saturated heterocycles. The van der Waals surface area contributed by atoms with Gasteiger partial charge in [-0.2, -0.15) is 0 Å². The Labute approximate surface area is 186 Å². The fraction of sp³-hybridized carbons (Fsp3) is 0.458. The van der Waals surface area contributed by atoms with E-state index in [1.165, 1.54) is 22.8 Å². The third kappa shape index (κ3) is 5.58. The van der Waals surface area contributed by atoms with Crippen molar-refractivity contribution >= 4 is 27.3 Å². The van der Waals surface area contributed by atoms with Crippen LogP contribution in [0.4, 0.5) is 11.4 Å². The molecule has 1 fully saturated rings. The third-order valence-corrected chi connectivity index (χ3v) is 6.93. The van der Waals surface area contributed by atoms with Crippen molar-refractivity contribution in [2.75, 3.05) is 35.1 Å². The zero-order valence-corrected chi connectivity index (χ0v) is 19.9. The van der Waals surface area contributed by atoms with Crippen LogP contribution in [0.3, 0.4) is 0 Å². The highest BCUT2D eigenvalue weighted by atomic mass is 32.2. The Hall–Kier alpha value is -2.54. The largest absolute Gasteiger partial charge is 0.372 e. The van der Waals surface area contributed by atoms with Crippen LogP contribution in [0.15, 0.2) is 36.4 Å². The molecule has 0 saturated carbocycles. The summed E-state index contributed by atoms with van der Waals surface area (Å²) in [4.78, 5) is 15.2. The van der Waals surface area contributed by atoms with Crippen molar-refractivity contribution in [2.45, 2.75) is 46.6 Å². The Kier molecular flexibility index (Phi) is 6.94. The van der Waals surface area contributed by atoms with Gasteiger partial charge in [0.2, 0.25) is 15.9 Å². The number of carbonyl (C=O) groups is 1. The molecule has 1 atom stereocenters. The lowest BCUT2D eigenvalue weighted by Gasteiger charge is -2.26. The molecule has 2 aromatic rings. The Morgan fingerprint density at radius 2 is 1.61 bits per heavy atom. The van der Waals surface area contributed by atoms with Crippen molar-refractivity contribution in [2.24, 2.45) is 0 Å². The second-order valence-corrected chi connectivity index (χ2v) is 10.5. The molecule has 1 heterocycles. The van der Waals surface area contributed by atoms with E-state index in [-0.39, 0.29) is 18.5 Å². The summed E-state index contributed by atoms with van der Waals surface area (Å²) < 4.78 is 26.2. The van der Waals surface area contributed by atoms with E-state index >= 15 is 0 Å². The highest BCUT2D eigenvalue weighted by Gasteiger charge is 2.25. The minimum Gasteiger partial charge on any atom is -0.372 e. The minimum atomic E-state index is -3.62. The molecule has 6 nitrogen and oxygen atoms in total. The number of sulfonamides is 1. The quantitative estimate of drug-likeness (QED) is 0.706. The van der Waals surface area contributed by atoms with Gasteiger partial charge in [0.1, 0.15) is 6.54 Å².